The van der Waals surface area contributed by atoms with Gasteiger partial charge in [0, 0.05) is 16.0 Å². The lowest BCUT2D eigenvalue weighted by Crippen LogP contribution is -1.89. The first-order valence-corrected chi connectivity index (χ1v) is 6.40. The van der Waals surface area contributed by atoms with Crippen LogP contribution in [0.1, 0.15) is 11.1 Å². The lowest BCUT2D eigenvalue weighted by molar-refractivity contribution is 1.39. The Morgan fingerprint density at radius 1 is 1.17 bits per heavy atom. The van der Waals surface area contributed by atoms with Crippen LogP contribution in [0, 0.1) is 22.7 Å². The number of nitrogens with zero attached hydrogens (tertiary/aromatic N) is 2. The Labute approximate surface area is 110 Å². The highest BCUT2D eigenvalue weighted by Gasteiger charge is 2.10. The molecule has 2 nitrogen and oxygen atoms in total. The van der Waals surface area contributed by atoms with Gasteiger partial charge in [-0.05, 0) is 17.5 Å². The normalized spacial score (nSPS) is 9.67. The summed E-state index contributed by atoms with van der Waals surface area (Å²) in [5.74, 6) is 0.745. The van der Waals surface area contributed by atoms with Gasteiger partial charge in [0.05, 0.1) is 17.2 Å². The Morgan fingerprint density at radius 2 is 2.00 bits per heavy atom. The molecule has 0 saturated heterocycles. The topological polar surface area (TPSA) is 47.6 Å². The van der Waals surface area contributed by atoms with Crippen molar-refractivity contribution in [1.29, 1.82) is 10.5 Å². The van der Waals surface area contributed by atoms with Crippen molar-refractivity contribution < 1.29 is 0 Å². The quantitative estimate of drug-likeness (QED) is 0.614. The molecule has 0 heterocycles. The highest BCUT2D eigenvalue weighted by atomic mass is 32.2. The van der Waals surface area contributed by atoms with Crippen LogP contribution in [0.3, 0.4) is 0 Å². The Bertz CT molecular complexity index is 690. The van der Waals surface area contributed by atoms with Crippen molar-refractivity contribution in [1.82, 2.24) is 0 Å². The summed E-state index contributed by atoms with van der Waals surface area (Å²) in [7, 11) is 0. The Hall–Kier alpha value is -2.23. The van der Waals surface area contributed by atoms with Gasteiger partial charge in [-0.2, -0.15) is 10.5 Å². The molecule has 86 valence electrons. The second-order valence-electron chi connectivity index (χ2n) is 3.67. The van der Waals surface area contributed by atoms with Crippen molar-refractivity contribution in [3.05, 3.63) is 54.1 Å². The second kappa shape index (κ2) is 5.40. The van der Waals surface area contributed by atoms with Gasteiger partial charge in [0.25, 0.3) is 0 Å². The van der Waals surface area contributed by atoms with Gasteiger partial charge in [-0.25, -0.2) is 0 Å². The zero-order valence-corrected chi connectivity index (χ0v) is 10.5. The van der Waals surface area contributed by atoms with Crippen LogP contribution in [0.4, 0.5) is 0 Å². The highest BCUT2D eigenvalue weighted by Crippen LogP contribution is 2.31. The minimum absolute atomic E-state index is 0.546. The molecule has 0 N–H and O–H groups in total. The maximum absolute atomic E-state index is 9.34. The molecule has 0 aliphatic heterocycles. The number of thioether (sulfide) groups is 1. The molecule has 0 fully saturated rings. The molecule has 2 aromatic carbocycles. The van der Waals surface area contributed by atoms with E-state index in [2.05, 4.69) is 18.7 Å². The fourth-order valence-corrected chi connectivity index (χ4v) is 2.59. The molecule has 0 saturated carbocycles. The molecule has 0 atom stereocenters. The van der Waals surface area contributed by atoms with Gasteiger partial charge in [-0.1, -0.05) is 24.3 Å². The van der Waals surface area contributed by atoms with Crippen molar-refractivity contribution in [2.75, 3.05) is 5.75 Å². The van der Waals surface area contributed by atoms with E-state index in [0.29, 0.717) is 11.1 Å². The van der Waals surface area contributed by atoms with Crippen LogP contribution >= 0.6 is 11.8 Å². The van der Waals surface area contributed by atoms with E-state index in [0.717, 1.165) is 21.4 Å². The number of rotatable bonds is 3. The first-order valence-electron chi connectivity index (χ1n) is 5.41. The third-order valence-electron chi connectivity index (χ3n) is 2.60. The van der Waals surface area contributed by atoms with E-state index in [1.54, 1.807) is 23.9 Å². The van der Waals surface area contributed by atoms with Gasteiger partial charge in [0.15, 0.2) is 0 Å². The van der Waals surface area contributed by atoms with Gasteiger partial charge in [0.2, 0.25) is 0 Å². The van der Waals surface area contributed by atoms with E-state index < -0.39 is 0 Å². The van der Waals surface area contributed by atoms with Crippen LogP contribution in [-0.2, 0) is 0 Å². The van der Waals surface area contributed by atoms with Crippen LogP contribution in [0.2, 0.25) is 0 Å². The predicted octanol–water partition coefficient (Wildman–Crippen LogP) is 3.86. The standard InChI is InChI=1S/C15H10N2S/c1-2-8-18-14-7-6-11-4-3-5-12(9-16)15(11)13(14)10-17/h2-7H,1,8H2. The molecule has 0 amide bonds. The van der Waals surface area contributed by atoms with Crippen LogP contribution < -0.4 is 0 Å². The number of fused-ring (bicyclic) bond motifs is 1. The molecule has 0 aromatic heterocycles. The second-order valence-corrected chi connectivity index (χ2v) is 4.73. The summed E-state index contributed by atoms with van der Waals surface area (Å²) < 4.78 is 0. The lowest BCUT2D eigenvalue weighted by Gasteiger charge is -2.07. The lowest BCUT2D eigenvalue weighted by atomic mass is 10.0. The van der Waals surface area contributed by atoms with Crippen LogP contribution in [0.15, 0.2) is 47.9 Å². The zero-order chi connectivity index (χ0) is 13.0. The van der Waals surface area contributed by atoms with Crippen molar-refractivity contribution in [3.63, 3.8) is 0 Å². The third kappa shape index (κ3) is 2.09. The SMILES string of the molecule is C=CCSc1ccc2cccc(C#N)c2c1C#N. The first kappa shape index (κ1) is 12.2. The molecule has 0 unspecified atom stereocenters. The molecule has 0 radical (unpaired) electrons. The summed E-state index contributed by atoms with van der Waals surface area (Å²) in [5, 5.41) is 20.1. The third-order valence-corrected chi connectivity index (χ3v) is 3.65. The van der Waals surface area contributed by atoms with Crippen LogP contribution in [-0.4, -0.2) is 5.75 Å². The molecular formula is C15H10N2S. The van der Waals surface area contributed by atoms with E-state index >= 15 is 0 Å². The van der Waals surface area contributed by atoms with Crippen molar-refractivity contribution in [3.8, 4) is 12.1 Å². The number of hydrogen-bond donors (Lipinski definition) is 0. The Balaban J connectivity index is 2.75. The monoisotopic (exact) mass is 250 g/mol. The summed E-state index contributed by atoms with van der Waals surface area (Å²) >= 11 is 1.56. The van der Waals surface area contributed by atoms with E-state index in [1.807, 2.05) is 24.3 Å². The smallest absolute Gasteiger partial charge is 0.101 e. The molecular weight excluding hydrogens is 240 g/mol. The van der Waals surface area contributed by atoms with Crippen molar-refractivity contribution in [2.45, 2.75) is 4.90 Å². The summed E-state index contributed by atoms with van der Waals surface area (Å²) in [5.41, 5.74) is 1.13. The van der Waals surface area contributed by atoms with Crippen molar-refractivity contribution >= 4 is 22.5 Å². The van der Waals surface area contributed by atoms with Gasteiger partial charge in [0.1, 0.15) is 6.07 Å². The van der Waals surface area contributed by atoms with Crippen LogP contribution in [0.25, 0.3) is 10.8 Å². The minimum atomic E-state index is 0.546. The first-order chi connectivity index (χ1) is 8.81. The molecule has 0 aliphatic rings. The van der Waals surface area contributed by atoms with Gasteiger partial charge in [-0.15, -0.1) is 18.3 Å². The van der Waals surface area contributed by atoms with E-state index in [1.165, 1.54) is 0 Å². The Morgan fingerprint density at radius 3 is 2.67 bits per heavy atom. The molecule has 0 aliphatic carbocycles. The summed E-state index contributed by atoms with van der Waals surface area (Å²) in [6, 6.07) is 13.7. The van der Waals surface area contributed by atoms with E-state index in [4.69, 9.17) is 5.26 Å². The molecule has 0 bridgehead atoms. The highest BCUT2D eigenvalue weighted by molar-refractivity contribution is 7.99. The van der Waals surface area contributed by atoms with Gasteiger partial charge in [-0.3, -0.25) is 0 Å². The van der Waals surface area contributed by atoms with Gasteiger partial charge >= 0.3 is 0 Å². The number of benzene rings is 2. The van der Waals surface area contributed by atoms with Crippen LogP contribution in [0.5, 0.6) is 0 Å². The van der Waals surface area contributed by atoms with Crippen molar-refractivity contribution in [2.24, 2.45) is 0 Å². The number of hydrogen-bond acceptors (Lipinski definition) is 3. The van der Waals surface area contributed by atoms with E-state index in [9.17, 15) is 5.26 Å². The molecule has 2 aromatic rings. The maximum Gasteiger partial charge on any atom is 0.101 e. The maximum atomic E-state index is 9.34. The molecule has 2 rings (SSSR count). The fraction of sp³-hybridized carbons (Fsp3) is 0.0667. The summed E-state index contributed by atoms with van der Waals surface area (Å²) in [4.78, 5) is 0.896. The molecule has 0 spiro atoms. The predicted molar refractivity (Wildman–Crippen MR) is 74.3 cm³/mol. The molecule has 18 heavy (non-hydrogen) atoms. The van der Waals surface area contributed by atoms with E-state index in [-0.39, 0.29) is 0 Å². The average molecular weight is 250 g/mol. The number of nitriles is 2. The fourth-order valence-electron chi connectivity index (χ4n) is 1.83. The average Bonchev–Trinajstić information content (AvgIpc) is 2.43. The summed E-state index contributed by atoms with van der Waals surface area (Å²) in [6.45, 7) is 3.67. The summed E-state index contributed by atoms with van der Waals surface area (Å²) in [6.07, 6.45) is 1.80. The molecule has 3 heteroatoms. The Kier molecular flexibility index (Phi) is 3.67. The minimum Gasteiger partial charge on any atom is -0.192 e. The largest absolute Gasteiger partial charge is 0.192 e. The zero-order valence-electron chi connectivity index (χ0n) is 9.68. The van der Waals surface area contributed by atoms with Gasteiger partial charge < -0.3 is 0 Å².